The third-order valence-corrected chi connectivity index (χ3v) is 6.10. The lowest BCUT2D eigenvalue weighted by molar-refractivity contribution is -0.159. The fourth-order valence-corrected chi connectivity index (χ4v) is 4.14. The van der Waals surface area contributed by atoms with Gasteiger partial charge in [-0.15, -0.1) is 0 Å². The molecule has 0 radical (unpaired) electrons. The number of carbonyl (C=O) groups excluding carboxylic acids is 1. The van der Waals surface area contributed by atoms with Gasteiger partial charge in [-0.05, 0) is 25.1 Å². The number of aryl methyl sites for hydroxylation is 1. The van der Waals surface area contributed by atoms with Gasteiger partial charge in [-0.1, -0.05) is 40.1 Å². The van der Waals surface area contributed by atoms with Crippen LogP contribution in [0.25, 0.3) is 22.6 Å². The third-order valence-electron chi connectivity index (χ3n) is 5.77. The highest BCUT2D eigenvalue weighted by Crippen LogP contribution is 2.32. The van der Waals surface area contributed by atoms with Crippen LogP contribution < -0.4 is 4.90 Å². The zero-order valence-electron chi connectivity index (χ0n) is 18.8. The molecular formula is C23H18ClF3N6O3. The van der Waals surface area contributed by atoms with Gasteiger partial charge in [-0.25, -0.2) is 4.98 Å². The van der Waals surface area contributed by atoms with Crippen LogP contribution in [0.2, 0.25) is 5.02 Å². The van der Waals surface area contributed by atoms with Crippen LogP contribution in [0.4, 0.5) is 19.0 Å². The van der Waals surface area contributed by atoms with E-state index in [1.165, 1.54) is 6.20 Å². The molecule has 1 fully saturated rings. The van der Waals surface area contributed by atoms with Crippen molar-refractivity contribution in [3.8, 4) is 22.6 Å². The Balaban J connectivity index is 1.27. The first kappa shape index (κ1) is 23.8. The highest BCUT2D eigenvalue weighted by molar-refractivity contribution is 6.33. The minimum atomic E-state index is -4.71. The highest BCUT2D eigenvalue weighted by atomic mass is 35.5. The van der Waals surface area contributed by atoms with Crippen LogP contribution in [0.3, 0.4) is 0 Å². The van der Waals surface area contributed by atoms with Gasteiger partial charge in [0, 0.05) is 43.5 Å². The number of benzene rings is 1. The van der Waals surface area contributed by atoms with Crippen molar-refractivity contribution in [1.82, 2.24) is 25.2 Å². The number of carbonyl (C=O) groups is 1. The zero-order valence-corrected chi connectivity index (χ0v) is 19.5. The van der Waals surface area contributed by atoms with Gasteiger partial charge in [0.1, 0.15) is 22.8 Å². The fourth-order valence-electron chi connectivity index (χ4n) is 3.92. The number of halogens is 4. The van der Waals surface area contributed by atoms with Crippen LogP contribution in [0, 0.1) is 6.92 Å². The second-order valence-corrected chi connectivity index (χ2v) is 8.45. The molecule has 0 saturated carbocycles. The van der Waals surface area contributed by atoms with Crippen LogP contribution in [0.5, 0.6) is 0 Å². The van der Waals surface area contributed by atoms with Crippen LogP contribution in [-0.2, 0) is 6.18 Å². The van der Waals surface area contributed by atoms with Gasteiger partial charge in [0.2, 0.25) is 5.82 Å². The maximum atomic E-state index is 13.4. The Labute approximate surface area is 207 Å². The van der Waals surface area contributed by atoms with Crippen molar-refractivity contribution >= 4 is 23.3 Å². The largest absolute Gasteiger partial charge is 0.471 e. The maximum absolute atomic E-state index is 13.4. The van der Waals surface area contributed by atoms with Crippen molar-refractivity contribution in [1.29, 1.82) is 0 Å². The van der Waals surface area contributed by atoms with E-state index < -0.39 is 12.1 Å². The van der Waals surface area contributed by atoms with Crippen LogP contribution in [-0.4, -0.2) is 57.3 Å². The molecule has 4 aromatic rings. The molecule has 0 N–H and O–H groups in total. The summed E-state index contributed by atoms with van der Waals surface area (Å²) >= 11 is 6.31. The predicted octanol–water partition coefficient (Wildman–Crippen LogP) is 4.73. The summed E-state index contributed by atoms with van der Waals surface area (Å²) < 4.78 is 47.7. The Kier molecular flexibility index (Phi) is 6.12. The summed E-state index contributed by atoms with van der Waals surface area (Å²) in [7, 11) is 0. The maximum Gasteiger partial charge on any atom is 0.471 e. The Morgan fingerprint density at radius 3 is 2.42 bits per heavy atom. The van der Waals surface area contributed by atoms with E-state index in [-0.39, 0.29) is 11.7 Å². The zero-order chi connectivity index (χ0) is 25.4. The van der Waals surface area contributed by atoms with Crippen LogP contribution >= 0.6 is 11.6 Å². The number of nitrogens with zero attached hydrogens (tertiary/aromatic N) is 6. The van der Waals surface area contributed by atoms with E-state index in [2.05, 4.69) is 24.8 Å². The summed E-state index contributed by atoms with van der Waals surface area (Å²) in [5.41, 5.74) is 1.68. The second-order valence-electron chi connectivity index (χ2n) is 8.05. The molecule has 1 amide bonds. The van der Waals surface area contributed by atoms with Gasteiger partial charge in [0.25, 0.3) is 5.91 Å². The molecule has 0 bridgehead atoms. The quantitative estimate of drug-likeness (QED) is 0.382. The Morgan fingerprint density at radius 1 is 1.03 bits per heavy atom. The van der Waals surface area contributed by atoms with Crippen LogP contribution in [0.1, 0.15) is 22.0 Å². The standard InChI is InChI=1S/C23H18ClF3N6O3/c1-13-18(19(30-35-13)15-4-2-3-5-16(15)24)21(34)33-10-8-32(9-11-33)17-7-6-14(12-28-17)20-29-22(36-31-20)23(25,26)27/h2-7,12H,8-11H2,1H3. The number of alkyl halides is 3. The van der Waals surface area contributed by atoms with Gasteiger partial charge < -0.3 is 18.8 Å². The number of pyridine rings is 1. The average Bonchev–Trinajstić information content (AvgIpc) is 3.52. The second kappa shape index (κ2) is 9.26. The van der Waals surface area contributed by atoms with E-state index >= 15 is 0 Å². The SMILES string of the molecule is Cc1onc(-c2ccccc2Cl)c1C(=O)N1CCN(c2ccc(-c3noc(C(F)(F)F)n3)cn2)CC1. The molecule has 36 heavy (non-hydrogen) atoms. The summed E-state index contributed by atoms with van der Waals surface area (Å²) in [6.45, 7) is 3.54. The summed E-state index contributed by atoms with van der Waals surface area (Å²) in [5.74, 6) is -0.796. The predicted molar refractivity (Wildman–Crippen MR) is 122 cm³/mol. The molecule has 1 aliphatic heterocycles. The van der Waals surface area contributed by atoms with E-state index in [1.54, 1.807) is 42.2 Å². The average molecular weight is 519 g/mol. The lowest BCUT2D eigenvalue weighted by Gasteiger charge is -2.35. The lowest BCUT2D eigenvalue weighted by atomic mass is 10.0. The molecule has 5 rings (SSSR count). The van der Waals surface area contributed by atoms with Crippen molar-refractivity contribution in [2.75, 3.05) is 31.1 Å². The number of hydrogen-bond donors (Lipinski definition) is 0. The Bertz CT molecular complexity index is 1390. The number of piperazine rings is 1. The first-order valence-electron chi connectivity index (χ1n) is 10.8. The van der Waals surface area contributed by atoms with Gasteiger partial charge >= 0.3 is 12.1 Å². The van der Waals surface area contributed by atoms with Crippen molar-refractivity contribution in [2.45, 2.75) is 13.1 Å². The monoisotopic (exact) mass is 518 g/mol. The number of hydrogen-bond acceptors (Lipinski definition) is 8. The van der Waals surface area contributed by atoms with Gasteiger partial charge in [0.15, 0.2) is 0 Å². The molecule has 13 heteroatoms. The topological polar surface area (TPSA) is 101 Å². The number of anilines is 1. The van der Waals surface area contributed by atoms with E-state index in [0.717, 1.165) is 0 Å². The molecule has 1 aromatic carbocycles. The summed E-state index contributed by atoms with van der Waals surface area (Å²) in [4.78, 5) is 24.7. The molecule has 4 heterocycles. The van der Waals surface area contributed by atoms with Gasteiger partial charge in [-0.3, -0.25) is 4.79 Å². The summed E-state index contributed by atoms with van der Waals surface area (Å²) in [6.07, 6.45) is -3.33. The molecule has 0 atom stereocenters. The van der Waals surface area contributed by atoms with E-state index in [4.69, 9.17) is 16.1 Å². The fraction of sp³-hybridized carbons (Fsp3) is 0.261. The minimum absolute atomic E-state index is 0.199. The molecule has 1 saturated heterocycles. The molecule has 0 unspecified atom stereocenters. The highest BCUT2D eigenvalue weighted by Gasteiger charge is 2.38. The summed E-state index contributed by atoms with van der Waals surface area (Å²) in [6, 6.07) is 10.3. The van der Waals surface area contributed by atoms with Gasteiger partial charge in [0.05, 0.1) is 5.02 Å². The molecule has 3 aromatic heterocycles. The molecule has 9 nitrogen and oxygen atoms in total. The molecular weight excluding hydrogens is 501 g/mol. The van der Waals surface area contributed by atoms with E-state index in [0.29, 0.717) is 65.2 Å². The number of aromatic nitrogens is 4. The Hall–Kier alpha value is -3.93. The molecule has 0 spiro atoms. The van der Waals surface area contributed by atoms with E-state index in [9.17, 15) is 18.0 Å². The van der Waals surface area contributed by atoms with E-state index in [1.807, 2.05) is 11.0 Å². The first-order chi connectivity index (χ1) is 17.2. The number of amides is 1. The normalized spacial score (nSPS) is 14.4. The van der Waals surface area contributed by atoms with Crippen molar-refractivity contribution in [2.24, 2.45) is 0 Å². The Morgan fingerprint density at radius 2 is 1.78 bits per heavy atom. The molecule has 0 aliphatic carbocycles. The first-order valence-corrected chi connectivity index (χ1v) is 11.2. The summed E-state index contributed by atoms with van der Waals surface area (Å²) in [5, 5.41) is 7.90. The van der Waals surface area contributed by atoms with Crippen molar-refractivity contribution in [3.63, 3.8) is 0 Å². The van der Waals surface area contributed by atoms with Gasteiger partial charge in [-0.2, -0.15) is 18.2 Å². The number of rotatable bonds is 4. The molecule has 1 aliphatic rings. The minimum Gasteiger partial charge on any atom is -0.360 e. The molecule has 186 valence electrons. The van der Waals surface area contributed by atoms with Crippen molar-refractivity contribution < 1.29 is 27.0 Å². The smallest absolute Gasteiger partial charge is 0.360 e. The van der Waals surface area contributed by atoms with Crippen LogP contribution in [0.15, 0.2) is 51.6 Å². The third kappa shape index (κ3) is 4.51. The van der Waals surface area contributed by atoms with Crippen molar-refractivity contribution in [3.05, 3.63) is 64.8 Å². The lowest BCUT2D eigenvalue weighted by Crippen LogP contribution is -2.49.